The first-order valence-corrected chi connectivity index (χ1v) is 9.08. The Morgan fingerprint density at radius 1 is 1.19 bits per heavy atom. The zero-order valence-electron chi connectivity index (χ0n) is 14.5. The Labute approximate surface area is 130 Å². The maximum atomic E-state index is 13.0. The molecule has 1 amide bonds. The van der Waals surface area contributed by atoms with Crippen LogP contribution in [0.25, 0.3) is 0 Å². The second kappa shape index (κ2) is 7.13. The molecule has 0 spiro atoms. The average molecular weight is 294 g/mol. The molecule has 2 atom stereocenters. The summed E-state index contributed by atoms with van der Waals surface area (Å²) in [5, 5.41) is 3.66. The molecule has 2 unspecified atom stereocenters. The molecule has 2 aliphatic rings. The molecule has 0 aromatic heterocycles. The summed E-state index contributed by atoms with van der Waals surface area (Å²) >= 11 is 0. The molecule has 122 valence electrons. The first-order chi connectivity index (χ1) is 9.98. The van der Waals surface area contributed by atoms with Gasteiger partial charge >= 0.3 is 0 Å². The van der Waals surface area contributed by atoms with Crippen molar-refractivity contribution in [2.24, 2.45) is 5.92 Å². The van der Waals surface area contributed by atoms with E-state index in [1.165, 1.54) is 44.9 Å². The van der Waals surface area contributed by atoms with Crippen molar-refractivity contribution in [2.75, 3.05) is 0 Å². The number of nitrogens with one attached hydrogen (secondary N) is 1. The molecule has 0 bridgehead atoms. The molecule has 1 aliphatic heterocycles. The molecule has 1 saturated heterocycles. The van der Waals surface area contributed by atoms with Crippen molar-refractivity contribution in [2.45, 2.75) is 103 Å². The number of carbonyl (C=O) groups excluding carboxylic acids is 1. The van der Waals surface area contributed by atoms with Crippen LogP contribution in [0.3, 0.4) is 0 Å². The quantitative estimate of drug-likeness (QED) is 0.847. The van der Waals surface area contributed by atoms with E-state index < -0.39 is 0 Å². The lowest BCUT2D eigenvalue weighted by molar-refractivity contribution is -0.135. The zero-order chi connectivity index (χ0) is 15.5. The molecule has 3 nitrogen and oxygen atoms in total. The zero-order valence-corrected chi connectivity index (χ0v) is 14.5. The van der Waals surface area contributed by atoms with Gasteiger partial charge in [0.1, 0.15) is 0 Å². The van der Waals surface area contributed by atoms with Crippen LogP contribution >= 0.6 is 0 Å². The monoisotopic (exact) mass is 294 g/mol. The summed E-state index contributed by atoms with van der Waals surface area (Å²) in [7, 11) is 0. The summed E-state index contributed by atoms with van der Waals surface area (Å²) in [6, 6.07) is 0.461. The van der Waals surface area contributed by atoms with Crippen molar-refractivity contribution in [1.82, 2.24) is 10.2 Å². The van der Waals surface area contributed by atoms with Crippen molar-refractivity contribution in [3.05, 3.63) is 0 Å². The van der Waals surface area contributed by atoms with E-state index in [4.69, 9.17) is 0 Å². The number of carbonyl (C=O) groups is 1. The van der Waals surface area contributed by atoms with Gasteiger partial charge in [-0.1, -0.05) is 52.9 Å². The van der Waals surface area contributed by atoms with Crippen LogP contribution in [0.2, 0.25) is 0 Å². The molecule has 1 aliphatic carbocycles. The molecular formula is C18H34N2O. The van der Waals surface area contributed by atoms with Crippen molar-refractivity contribution >= 4 is 5.91 Å². The average Bonchev–Trinajstić information content (AvgIpc) is 2.62. The van der Waals surface area contributed by atoms with E-state index >= 15 is 0 Å². The number of hydrogen-bond donors (Lipinski definition) is 1. The number of amides is 1. The van der Waals surface area contributed by atoms with Gasteiger partial charge in [0.2, 0.25) is 5.91 Å². The third kappa shape index (κ3) is 3.80. The van der Waals surface area contributed by atoms with E-state index in [1.54, 1.807) is 0 Å². The third-order valence-corrected chi connectivity index (χ3v) is 5.40. The van der Waals surface area contributed by atoms with E-state index in [0.29, 0.717) is 17.9 Å². The highest BCUT2D eigenvalue weighted by atomic mass is 16.2. The van der Waals surface area contributed by atoms with Gasteiger partial charge in [0.05, 0.1) is 11.7 Å². The summed E-state index contributed by atoms with van der Waals surface area (Å²) < 4.78 is 0. The second-order valence-corrected chi connectivity index (χ2v) is 7.69. The van der Waals surface area contributed by atoms with Gasteiger partial charge in [0.15, 0.2) is 0 Å². The summed E-state index contributed by atoms with van der Waals surface area (Å²) in [6.07, 6.45) is 11.2. The first-order valence-electron chi connectivity index (χ1n) is 9.08. The molecule has 0 aromatic carbocycles. The van der Waals surface area contributed by atoms with Gasteiger partial charge in [0.25, 0.3) is 0 Å². The van der Waals surface area contributed by atoms with E-state index in [-0.39, 0.29) is 11.7 Å². The maximum Gasteiger partial charge on any atom is 0.244 e. The van der Waals surface area contributed by atoms with Crippen LogP contribution in [0.1, 0.15) is 85.5 Å². The third-order valence-electron chi connectivity index (χ3n) is 5.40. The lowest BCUT2D eigenvalue weighted by atomic mass is 9.93. The predicted molar refractivity (Wildman–Crippen MR) is 88.0 cm³/mol. The van der Waals surface area contributed by atoms with Gasteiger partial charge in [-0.25, -0.2) is 0 Å². The summed E-state index contributed by atoms with van der Waals surface area (Å²) in [5.41, 5.74) is -0.345. The molecule has 2 rings (SSSR count). The summed E-state index contributed by atoms with van der Waals surface area (Å²) in [5.74, 6) is 0.965. The minimum absolute atomic E-state index is 0.242. The lowest BCUT2D eigenvalue weighted by Crippen LogP contribution is -2.45. The Kier molecular flexibility index (Phi) is 5.70. The van der Waals surface area contributed by atoms with Crippen LogP contribution < -0.4 is 5.32 Å². The highest BCUT2D eigenvalue weighted by molar-refractivity contribution is 5.88. The molecule has 2 fully saturated rings. The fourth-order valence-electron chi connectivity index (χ4n) is 3.93. The SMILES string of the molecule is CCC1(C)NC(CC(C)C)N(C2CCCCCCC2)C1=O. The molecule has 21 heavy (non-hydrogen) atoms. The van der Waals surface area contributed by atoms with Gasteiger partial charge < -0.3 is 4.90 Å². The van der Waals surface area contributed by atoms with Gasteiger partial charge in [-0.05, 0) is 38.5 Å². The van der Waals surface area contributed by atoms with E-state index in [9.17, 15) is 4.79 Å². The van der Waals surface area contributed by atoms with Crippen LogP contribution in [0.5, 0.6) is 0 Å². The van der Waals surface area contributed by atoms with Gasteiger partial charge in [0, 0.05) is 6.04 Å². The minimum Gasteiger partial charge on any atom is -0.323 e. The highest BCUT2D eigenvalue weighted by Gasteiger charge is 2.48. The highest BCUT2D eigenvalue weighted by Crippen LogP contribution is 2.32. The Bertz CT molecular complexity index is 347. The molecule has 0 radical (unpaired) electrons. The maximum absolute atomic E-state index is 13.0. The largest absolute Gasteiger partial charge is 0.323 e. The van der Waals surface area contributed by atoms with Crippen molar-refractivity contribution in [3.8, 4) is 0 Å². The van der Waals surface area contributed by atoms with Crippen LogP contribution in [0, 0.1) is 5.92 Å². The number of rotatable bonds is 4. The minimum atomic E-state index is -0.345. The Morgan fingerprint density at radius 2 is 1.76 bits per heavy atom. The Balaban J connectivity index is 2.16. The van der Waals surface area contributed by atoms with E-state index in [1.807, 2.05) is 0 Å². The van der Waals surface area contributed by atoms with Crippen molar-refractivity contribution in [3.63, 3.8) is 0 Å². The topological polar surface area (TPSA) is 32.3 Å². The van der Waals surface area contributed by atoms with Crippen molar-refractivity contribution < 1.29 is 4.79 Å². The van der Waals surface area contributed by atoms with Crippen LogP contribution in [-0.2, 0) is 4.79 Å². The smallest absolute Gasteiger partial charge is 0.244 e. The van der Waals surface area contributed by atoms with Crippen molar-refractivity contribution in [1.29, 1.82) is 0 Å². The van der Waals surface area contributed by atoms with Crippen LogP contribution in [0.4, 0.5) is 0 Å². The fraction of sp³-hybridized carbons (Fsp3) is 0.944. The lowest BCUT2D eigenvalue weighted by Gasteiger charge is -2.35. The van der Waals surface area contributed by atoms with Crippen LogP contribution in [-0.4, -0.2) is 28.6 Å². The molecule has 0 aromatic rings. The Morgan fingerprint density at radius 3 is 2.29 bits per heavy atom. The van der Waals surface area contributed by atoms with E-state index in [0.717, 1.165) is 12.8 Å². The Hall–Kier alpha value is -0.570. The molecular weight excluding hydrogens is 260 g/mol. The van der Waals surface area contributed by atoms with Gasteiger partial charge in [-0.2, -0.15) is 0 Å². The molecule has 3 heteroatoms. The summed E-state index contributed by atoms with van der Waals surface area (Å²) in [4.78, 5) is 15.3. The number of nitrogens with zero attached hydrogens (tertiary/aromatic N) is 1. The molecule has 1 N–H and O–H groups in total. The number of hydrogen-bond acceptors (Lipinski definition) is 2. The standard InChI is InChI=1S/C18H34N2O/c1-5-18(4)17(21)20(16(19-18)13-14(2)3)15-11-9-7-6-8-10-12-15/h14-16,19H,5-13H2,1-4H3. The molecule has 1 saturated carbocycles. The molecule has 1 heterocycles. The predicted octanol–water partition coefficient (Wildman–Crippen LogP) is 4.07. The summed E-state index contributed by atoms with van der Waals surface area (Å²) in [6.45, 7) is 8.72. The first kappa shape index (κ1) is 16.8. The fourth-order valence-corrected chi connectivity index (χ4v) is 3.93. The second-order valence-electron chi connectivity index (χ2n) is 7.69. The van der Waals surface area contributed by atoms with E-state index in [2.05, 4.69) is 37.9 Å². The van der Waals surface area contributed by atoms with Gasteiger partial charge in [-0.15, -0.1) is 0 Å². The van der Waals surface area contributed by atoms with Crippen LogP contribution in [0.15, 0.2) is 0 Å². The normalized spacial score (nSPS) is 32.5. The van der Waals surface area contributed by atoms with Gasteiger partial charge in [-0.3, -0.25) is 10.1 Å².